The molecule has 1 atom stereocenters. The molecule has 0 aliphatic carbocycles. The lowest BCUT2D eigenvalue weighted by molar-refractivity contribution is -0.385. The lowest BCUT2D eigenvalue weighted by Crippen LogP contribution is -2.33. The summed E-state index contributed by atoms with van der Waals surface area (Å²) < 4.78 is 13.4. The second-order valence-corrected chi connectivity index (χ2v) is 6.51. The van der Waals surface area contributed by atoms with E-state index in [0.29, 0.717) is 29.8 Å². The molecule has 1 saturated heterocycles. The van der Waals surface area contributed by atoms with E-state index >= 15 is 0 Å². The third-order valence-electron chi connectivity index (χ3n) is 3.93. The number of hydrogen-bond donors (Lipinski definition) is 1. The zero-order valence-electron chi connectivity index (χ0n) is 13.0. The van der Waals surface area contributed by atoms with E-state index in [2.05, 4.69) is 26.2 Å². The Labute approximate surface area is 151 Å². The first-order valence-electron chi connectivity index (χ1n) is 7.54. The molecule has 25 heavy (non-hydrogen) atoms. The summed E-state index contributed by atoms with van der Waals surface area (Å²) in [5.41, 5.74) is 0.721. The Hall–Kier alpha value is -2.55. The molecule has 1 fully saturated rings. The Bertz CT molecular complexity index is 816. The molecule has 0 bridgehead atoms. The highest BCUT2D eigenvalue weighted by Crippen LogP contribution is 2.27. The van der Waals surface area contributed by atoms with E-state index in [1.807, 2.05) is 0 Å². The monoisotopic (exact) mass is 408 g/mol. The van der Waals surface area contributed by atoms with Gasteiger partial charge in [-0.2, -0.15) is 0 Å². The van der Waals surface area contributed by atoms with E-state index in [1.165, 1.54) is 18.2 Å². The third-order valence-corrected chi connectivity index (χ3v) is 4.54. The van der Waals surface area contributed by atoms with Crippen LogP contribution in [0, 0.1) is 15.9 Å². The summed E-state index contributed by atoms with van der Waals surface area (Å²) in [5.74, 6) is -0.0194. The molecule has 1 aromatic heterocycles. The quantitative estimate of drug-likeness (QED) is 0.606. The van der Waals surface area contributed by atoms with Crippen molar-refractivity contribution in [1.82, 2.24) is 9.88 Å². The summed E-state index contributed by atoms with van der Waals surface area (Å²) >= 11 is 3.23. The van der Waals surface area contributed by atoms with Crippen LogP contribution >= 0.6 is 15.9 Å². The lowest BCUT2D eigenvalue weighted by atomic mass is 10.2. The van der Waals surface area contributed by atoms with Crippen molar-refractivity contribution in [3.8, 4) is 0 Å². The first kappa shape index (κ1) is 17.3. The lowest BCUT2D eigenvalue weighted by Gasteiger charge is -2.17. The molecule has 1 amide bonds. The van der Waals surface area contributed by atoms with Crippen LogP contribution in [0.25, 0.3) is 0 Å². The molecule has 3 rings (SSSR count). The molecule has 1 N–H and O–H groups in total. The van der Waals surface area contributed by atoms with Gasteiger partial charge in [0.25, 0.3) is 5.69 Å². The van der Waals surface area contributed by atoms with Crippen LogP contribution in [0.1, 0.15) is 12.0 Å². The number of carbonyl (C=O) groups is 1. The molecule has 2 heterocycles. The maximum Gasteiger partial charge on any atom is 0.288 e. The first-order valence-corrected chi connectivity index (χ1v) is 8.33. The number of likely N-dealkylation sites (tertiary alicyclic amines) is 1. The van der Waals surface area contributed by atoms with Crippen LogP contribution in [0.15, 0.2) is 41.0 Å². The molecule has 9 heteroatoms. The van der Waals surface area contributed by atoms with Gasteiger partial charge in [0.05, 0.1) is 9.40 Å². The fraction of sp³-hybridized carbons (Fsp3) is 0.250. The van der Waals surface area contributed by atoms with E-state index in [-0.39, 0.29) is 17.4 Å². The molecule has 0 radical (unpaired) electrons. The number of carbonyl (C=O) groups excluding carboxylic acids is 1. The summed E-state index contributed by atoms with van der Waals surface area (Å²) in [6.45, 7) is 0.977. The van der Waals surface area contributed by atoms with Crippen LogP contribution in [0.3, 0.4) is 0 Å². The Kier molecular flexibility index (Phi) is 4.93. The smallest absolute Gasteiger partial charge is 0.288 e. The molecular weight excluding hydrogens is 395 g/mol. The van der Waals surface area contributed by atoms with Crippen LogP contribution in [-0.2, 0) is 11.3 Å². The normalized spacial score (nSPS) is 17.0. The minimum absolute atomic E-state index is 0.0867. The van der Waals surface area contributed by atoms with Gasteiger partial charge in [0.15, 0.2) is 0 Å². The molecule has 0 saturated carbocycles. The van der Waals surface area contributed by atoms with Crippen LogP contribution < -0.4 is 5.32 Å². The van der Waals surface area contributed by atoms with Crippen molar-refractivity contribution >= 4 is 33.3 Å². The number of nitrogens with one attached hydrogen (secondary N) is 1. The molecule has 2 aromatic rings. The fourth-order valence-corrected chi connectivity index (χ4v) is 3.09. The third kappa shape index (κ3) is 3.93. The highest BCUT2D eigenvalue weighted by Gasteiger charge is 2.32. The average molecular weight is 409 g/mol. The van der Waals surface area contributed by atoms with Crippen molar-refractivity contribution in [1.29, 1.82) is 0 Å². The van der Waals surface area contributed by atoms with Gasteiger partial charge in [-0.05, 0) is 40.0 Å². The number of halogens is 2. The van der Waals surface area contributed by atoms with Gasteiger partial charge >= 0.3 is 0 Å². The van der Waals surface area contributed by atoms with Crippen molar-refractivity contribution in [2.75, 3.05) is 11.9 Å². The predicted octanol–water partition coefficient (Wildman–Crippen LogP) is 3.10. The van der Waals surface area contributed by atoms with Gasteiger partial charge in [0.1, 0.15) is 23.9 Å². The number of aromatic nitrogens is 1. The second kappa shape index (κ2) is 7.14. The predicted molar refractivity (Wildman–Crippen MR) is 92.4 cm³/mol. The number of rotatable bonds is 5. The van der Waals surface area contributed by atoms with Crippen molar-refractivity contribution in [3.05, 3.63) is 62.5 Å². The Morgan fingerprint density at radius 1 is 1.40 bits per heavy atom. The van der Waals surface area contributed by atoms with Crippen molar-refractivity contribution in [2.45, 2.75) is 19.0 Å². The summed E-state index contributed by atoms with van der Waals surface area (Å²) in [5, 5.41) is 13.8. The fourth-order valence-electron chi connectivity index (χ4n) is 2.64. The molecular formula is C16H14BrFN4O3. The van der Waals surface area contributed by atoms with E-state index in [4.69, 9.17) is 0 Å². The van der Waals surface area contributed by atoms with Crippen LogP contribution in [0.5, 0.6) is 0 Å². The number of hydrogen-bond acceptors (Lipinski definition) is 5. The molecule has 1 aliphatic heterocycles. The highest BCUT2D eigenvalue weighted by atomic mass is 79.9. The Morgan fingerprint density at radius 3 is 2.76 bits per heavy atom. The molecule has 7 nitrogen and oxygen atoms in total. The Morgan fingerprint density at radius 2 is 2.12 bits per heavy atom. The van der Waals surface area contributed by atoms with Gasteiger partial charge < -0.3 is 10.2 Å². The summed E-state index contributed by atoms with van der Waals surface area (Å²) in [6, 6.07) is 6.92. The van der Waals surface area contributed by atoms with E-state index in [9.17, 15) is 19.3 Å². The zero-order chi connectivity index (χ0) is 18.0. The number of amides is 1. The minimum atomic E-state index is -0.535. The maximum absolute atomic E-state index is 13.0. The number of nitro groups is 1. The van der Waals surface area contributed by atoms with E-state index in [0.717, 1.165) is 11.8 Å². The van der Waals surface area contributed by atoms with Gasteiger partial charge in [-0.15, -0.1) is 0 Å². The SMILES string of the molecule is O=C1C(Nc2ncc([N+](=O)[O-])cc2Br)CCN1Cc1ccc(F)cc1. The summed E-state index contributed by atoms with van der Waals surface area (Å²) in [4.78, 5) is 28.4. The van der Waals surface area contributed by atoms with E-state index in [1.54, 1.807) is 17.0 Å². The van der Waals surface area contributed by atoms with Gasteiger partial charge in [-0.1, -0.05) is 12.1 Å². The number of nitrogens with zero attached hydrogens (tertiary/aromatic N) is 3. The van der Waals surface area contributed by atoms with Gasteiger partial charge in [-0.25, -0.2) is 9.37 Å². The van der Waals surface area contributed by atoms with Crippen molar-refractivity contribution in [2.24, 2.45) is 0 Å². The standard InChI is InChI=1S/C16H14BrFN4O3/c17-13-7-12(22(24)25)8-19-15(13)20-14-5-6-21(16(14)23)9-10-1-3-11(18)4-2-10/h1-4,7-8,14H,5-6,9H2,(H,19,20). The minimum Gasteiger partial charge on any atom is -0.357 e. The molecule has 0 spiro atoms. The Balaban J connectivity index is 1.66. The largest absolute Gasteiger partial charge is 0.357 e. The van der Waals surface area contributed by atoms with Gasteiger partial charge in [0.2, 0.25) is 5.91 Å². The van der Waals surface area contributed by atoms with Crippen LogP contribution in [0.4, 0.5) is 15.9 Å². The van der Waals surface area contributed by atoms with Crippen LogP contribution in [0.2, 0.25) is 0 Å². The number of pyridine rings is 1. The van der Waals surface area contributed by atoms with E-state index < -0.39 is 11.0 Å². The highest BCUT2D eigenvalue weighted by molar-refractivity contribution is 9.10. The average Bonchev–Trinajstić information content (AvgIpc) is 2.92. The maximum atomic E-state index is 13.0. The van der Waals surface area contributed by atoms with Gasteiger partial charge in [0, 0.05) is 19.2 Å². The molecule has 1 aliphatic rings. The van der Waals surface area contributed by atoms with Crippen LogP contribution in [-0.4, -0.2) is 33.3 Å². The topological polar surface area (TPSA) is 88.4 Å². The zero-order valence-corrected chi connectivity index (χ0v) is 14.6. The summed E-state index contributed by atoms with van der Waals surface area (Å²) in [6.07, 6.45) is 1.73. The van der Waals surface area contributed by atoms with Crippen molar-refractivity contribution < 1.29 is 14.1 Å². The molecule has 1 aromatic carbocycles. The number of anilines is 1. The summed E-state index contributed by atoms with van der Waals surface area (Å²) in [7, 11) is 0. The van der Waals surface area contributed by atoms with Gasteiger partial charge in [-0.3, -0.25) is 14.9 Å². The second-order valence-electron chi connectivity index (χ2n) is 5.65. The van der Waals surface area contributed by atoms with Crippen molar-refractivity contribution in [3.63, 3.8) is 0 Å². The first-order chi connectivity index (χ1) is 11.9. The molecule has 130 valence electrons. The molecule has 1 unspecified atom stereocenters. The number of benzene rings is 1.